The Morgan fingerprint density at radius 2 is 1.41 bits per heavy atom. The van der Waals surface area contributed by atoms with Gasteiger partial charge < -0.3 is 4.74 Å². The first-order valence-corrected chi connectivity index (χ1v) is 9.36. The molecule has 0 saturated carbocycles. The van der Waals surface area contributed by atoms with Gasteiger partial charge in [-0.25, -0.2) is 13.2 Å². The smallest absolute Gasteiger partial charge is 0.165 e. The van der Waals surface area contributed by atoms with Gasteiger partial charge >= 0.3 is 0 Å². The van der Waals surface area contributed by atoms with Crippen LogP contribution in [0, 0.1) is 17.5 Å². The van der Waals surface area contributed by atoms with Gasteiger partial charge in [0.15, 0.2) is 11.6 Å². The zero-order chi connectivity index (χ0) is 20.5. The first-order chi connectivity index (χ1) is 14.0. The Hall–Kier alpha value is -3.27. The fraction of sp³-hybridized carbons (Fsp3) is 0.120. The molecule has 29 heavy (non-hydrogen) atoms. The average molecular weight is 392 g/mol. The molecule has 0 aliphatic carbocycles. The molecule has 0 atom stereocenters. The molecule has 0 unspecified atom stereocenters. The Morgan fingerprint density at radius 3 is 2.10 bits per heavy atom. The minimum Gasteiger partial charge on any atom is -0.494 e. The summed E-state index contributed by atoms with van der Waals surface area (Å²) in [5, 5.41) is 1.32. The summed E-state index contributed by atoms with van der Waals surface area (Å²) >= 11 is 0. The molecule has 0 radical (unpaired) electrons. The summed E-state index contributed by atoms with van der Waals surface area (Å²) in [4.78, 5) is 0. The van der Waals surface area contributed by atoms with Crippen molar-refractivity contribution in [1.29, 1.82) is 0 Å². The number of methoxy groups -OCH3 is 1. The van der Waals surface area contributed by atoms with Crippen molar-refractivity contribution in [2.75, 3.05) is 7.11 Å². The van der Waals surface area contributed by atoms with E-state index in [1.54, 1.807) is 24.3 Å². The van der Waals surface area contributed by atoms with Crippen LogP contribution in [0.15, 0.2) is 66.7 Å². The van der Waals surface area contributed by atoms with Crippen LogP contribution in [0.4, 0.5) is 13.2 Å². The van der Waals surface area contributed by atoms with Crippen LogP contribution in [0.2, 0.25) is 0 Å². The molecule has 0 fully saturated rings. The summed E-state index contributed by atoms with van der Waals surface area (Å²) < 4.78 is 48.8. The zero-order valence-electron chi connectivity index (χ0n) is 16.1. The molecule has 4 rings (SSSR count). The summed E-state index contributed by atoms with van der Waals surface area (Å²) in [5.41, 5.74) is 2.52. The second-order valence-electron chi connectivity index (χ2n) is 6.88. The summed E-state index contributed by atoms with van der Waals surface area (Å²) in [6, 6.07) is 17.9. The molecule has 0 N–H and O–H groups in total. The lowest BCUT2D eigenvalue weighted by molar-refractivity contribution is 0.386. The summed E-state index contributed by atoms with van der Waals surface area (Å²) in [7, 11) is 1.37. The molecule has 0 aliphatic rings. The van der Waals surface area contributed by atoms with E-state index >= 15 is 4.39 Å². The van der Waals surface area contributed by atoms with E-state index in [0.717, 1.165) is 17.4 Å². The monoisotopic (exact) mass is 392 g/mol. The van der Waals surface area contributed by atoms with Crippen molar-refractivity contribution in [2.45, 2.75) is 13.3 Å². The van der Waals surface area contributed by atoms with E-state index in [1.807, 2.05) is 25.1 Å². The third kappa shape index (κ3) is 3.46. The Morgan fingerprint density at radius 1 is 0.724 bits per heavy atom. The normalized spacial score (nSPS) is 11.1. The van der Waals surface area contributed by atoms with Crippen LogP contribution in [0.3, 0.4) is 0 Å². The summed E-state index contributed by atoms with van der Waals surface area (Å²) in [6.45, 7) is 2.05. The highest BCUT2D eigenvalue weighted by Gasteiger charge is 2.14. The fourth-order valence-electron chi connectivity index (χ4n) is 3.53. The zero-order valence-corrected chi connectivity index (χ0v) is 16.1. The number of benzene rings is 4. The lowest BCUT2D eigenvalue weighted by Crippen LogP contribution is -1.92. The number of halogens is 3. The molecule has 0 amide bonds. The highest BCUT2D eigenvalue weighted by Crippen LogP contribution is 2.33. The van der Waals surface area contributed by atoms with Crippen LogP contribution in [0.5, 0.6) is 5.75 Å². The van der Waals surface area contributed by atoms with Gasteiger partial charge in [-0.05, 0) is 46.7 Å². The van der Waals surface area contributed by atoms with Crippen molar-refractivity contribution in [3.8, 4) is 28.0 Å². The van der Waals surface area contributed by atoms with Gasteiger partial charge in [-0.2, -0.15) is 0 Å². The highest BCUT2D eigenvalue weighted by molar-refractivity contribution is 5.89. The van der Waals surface area contributed by atoms with Crippen molar-refractivity contribution in [1.82, 2.24) is 0 Å². The highest BCUT2D eigenvalue weighted by atomic mass is 19.1. The van der Waals surface area contributed by atoms with Crippen LogP contribution in [0.25, 0.3) is 33.0 Å². The lowest BCUT2D eigenvalue weighted by atomic mass is 9.96. The van der Waals surface area contributed by atoms with Crippen LogP contribution >= 0.6 is 0 Å². The maximum Gasteiger partial charge on any atom is 0.165 e. The van der Waals surface area contributed by atoms with E-state index in [-0.39, 0.29) is 17.1 Å². The molecular formula is C25H19F3O. The van der Waals surface area contributed by atoms with Crippen molar-refractivity contribution in [3.05, 3.63) is 89.7 Å². The Labute approximate surface area is 167 Å². The number of rotatable bonds is 4. The van der Waals surface area contributed by atoms with Crippen molar-refractivity contribution >= 4 is 10.8 Å². The van der Waals surface area contributed by atoms with Gasteiger partial charge in [-0.3, -0.25) is 0 Å². The lowest BCUT2D eigenvalue weighted by Gasteiger charge is -2.11. The van der Waals surface area contributed by atoms with Gasteiger partial charge in [0.1, 0.15) is 11.6 Å². The maximum absolute atomic E-state index is 15.1. The van der Waals surface area contributed by atoms with E-state index in [2.05, 4.69) is 0 Å². The van der Waals surface area contributed by atoms with Crippen LogP contribution < -0.4 is 4.74 Å². The molecule has 0 heterocycles. The molecule has 4 heteroatoms. The van der Waals surface area contributed by atoms with Crippen LogP contribution in [-0.4, -0.2) is 7.11 Å². The van der Waals surface area contributed by atoms with Gasteiger partial charge in [-0.1, -0.05) is 55.5 Å². The first kappa shape index (κ1) is 19.1. The van der Waals surface area contributed by atoms with Gasteiger partial charge in [0.25, 0.3) is 0 Å². The second-order valence-corrected chi connectivity index (χ2v) is 6.88. The Bertz CT molecular complexity index is 1210. The average Bonchev–Trinajstić information content (AvgIpc) is 2.73. The minimum atomic E-state index is -0.569. The summed E-state index contributed by atoms with van der Waals surface area (Å²) in [5.74, 6) is -1.41. The van der Waals surface area contributed by atoms with E-state index in [0.29, 0.717) is 22.1 Å². The third-order valence-corrected chi connectivity index (χ3v) is 5.17. The molecule has 146 valence electrons. The SMILES string of the molecule is CCc1ccc2c(F)c(-c3ccc(-c4ccc(OC)c(F)c4)c(F)c3)ccc2c1. The molecule has 0 aliphatic heterocycles. The number of ether oxygens (including phenoxy) is 1. The summed E-state index contributed by atoms with van der Waals surface area (Å²) in [6.07, 6.45) is 0.873. The molecule has 4 aromatic rings. The van der Waals surface area contributed by atoms with Crippen molar-refractivity contribution < 1.29 is 17.9 Å². The van der Waals surface area contributed by atoms with E-state index in [9.17, 15) is 8.78 Å². The topological polar surface area (TPSA) is 9.23 Å². The van der Waals surface area contributed by atoms with Gasteiger partial charge in [0.2, 0.25) is 0 Å². The number of aryl methyl sites for hydroxylation is 1. The Balaban J connectivity index is 1.76. The Kier molecular flexibility index (Phi) is 5.01. The van der Waals surface area contributed by atoms with Crippen LogP contribution in [0.1, 0.15) is 12.5 Å². The van der Waals surface area contributed by atoms with Crippen molar-refractivity contribution in [3.63, 3.8) is 0 Å². The largest absolute Gasteiger partial charge is 0.494 e. The van der Waals surface area contributed by atoms with Gasteiger partial charge in [-0.15, -0.1) is 0 Å². The van der Waals surface area contributed by atoms with E-state index < -0.39 is 11.6 Å². The predicted octanol–water partition coefficient (Wildman–Crippen LogP) is 7.16. The molecule has 0 aromatic heterocycles. The van der Waals surface area contributed by atoms with E-state index in [1.165, 1.54) is 31.4 Å². The molecule has 1 nitrogen and oxygen atoms in total. The standard InChI is InChI=1S/C25H19F3O/c1-3-15-4-8-20-16(12-15)6-10-21(25(20)28)18-5-9-19(22(26)13-18)17-7-11-24(29-2)23(27)14-17/h4-14H,3H2,1-2H3. The molecular weight excluding hydrogens is 373 g/mol. The molecule has 0 saturated heterocycles. The quantitative estimate of drug-likeness (QED) is 0.358. The predicted molar refractivity (Wildman–Crippen MR) is 111 cm³/mol. The number of hydrogen-bond acceptors (Lipinski definition) is 1. The number of hydrogen-bond donors (Lipinski definition) is 0. The van der Waals surface area contributed by atoms with Crippen molar-refractivity contribution in [2.24, 2.45) is 0 Å². The number of fused-ring (bicyclic) bond motifs is 1. The van der Waals surface area contributed by atoms with Gasteiger partial charge in [0.05, 0.1) is 7.11 Å². The van der Waals surface area contributed by atoms with Gasteiger partial charge in [0, 0.05) is 16.5 Å². The second kappa shape index (κ2) is 7.63. The minimum absolute atomic E-state index is 0.0928. The van der Waals surface area contributed by atoms with E-state index in [4.69, 9.17) is 4.74 Å². The van der Waals surface area contributed by atoms with Crippen LogP contribution in [-0.2, 0) is 6.42 Å². The molecule has 4 aromatic carbocycles. The molecule has 0 spiro atoms. The maximum atomic E-state index is 15.1. The third-order valence-electron chi connectivity index (χ3n) is 5.17. The fourth-order valence-corrected chi connectivity index (χ4v) is 3.53. The molecule has 0 bridgehead atoms. The first-order valence-electron chi connectivity index (χ1n) is 9.36.